The maximum atomic E-state index is 11.9. The molecular weight excluding hydrogens is 322 g/mol. The van der Waals surface area contributed by atoms with Crippen molar-refractivity contribution in [3.63, 3.8) is 0 Å². The van der Waals surface area contributed by atoms with Gasteiger partial charge < -0.3 is 28.6 Å². The van der Waals surface area contributed by atoms with Crippen LogP contribution in [0.5, 0.6) is 11.5 Å². The molecule has 1 aromatic rings. The summed E-state index contributed by atoms with van der Waals surface area (Å²) in [5.41, 5.74) is 0. The lowest BCUT2D eigenvalue weighted by Gasteiger charge is -2.30. The molecule has 0 saturated heterocycles. The molecule has 1 aromatic heterocycles. The zero-order valence-electron chi connectivity index (χ0n) is 13.7. The van der Waals surface area contributed by atoms with Crippen LogP contribution in [0.4, 0.5) is 0 Å². The van der Waals surface area contributed by atoms with E-state index in [1.54, 1.807) is 25.4 Å². The number of carboxylic acid groups (broad SMARTS) is 1. The number of ether oxygens (including phenoxy) is 3. The number of quaternary nitrogens is 1. The Balaban J connectivity index is 1.85. The molecule has 1 aliphatic heterocycles. The van der Waals surface area contributed by atoms with Crippen molar-refractivity contribution >= 4 is 23.3 Å². The van der Waals surface area contributed by atoms with Crippen LogP contribution in [0.25, 0.3) is 0 Å². The molecule has 0 aliphatic carbocycles. The first-order valence-electron chi connectivity index (χ1n) is 7.29. The van der Waals surface area contributed by atoms with Gasteiger partial charge >= 0.3 is 5.97 Å². The van der Waals surface area contributed by atoms with E-state index in [2.05, 4.69) is 0 Å². The van der Waals surface area contributed by atoms with Crippen molar-refractivity contribution in [2.24, 2.45) is 0 Å². The fourth-order valence-electron chi connectivity index (χ4n) is 2.35. The van der Waals surface area contributed by atoms with Gasteiger partial charge in [0.2, 0.25) is 0 Å². The van der Waals surface area contributed by atoms with Crippen LogP contribution in [0.2, 0.25) is 0 Å². The normalized spacial score (nSPS) is 17.0. The van der Waals surface area contributed by atoms with Crippen molar-refractivity contribution < 1.29 is 33.4 Å². The van der Waals surface area contributed by atoms with Crippen LogP contribution in [0, 0.1) is 13.8 Å². The second-order valence-electron chi connectivity index (χ2n) is 6.16. The summed E-state index contributed by atoms with van der Waals surface area (Å²) in [5, 5.41) is 10.6. The summed E-state index contributed by atoms with van der Waals surface area (Å²) in [6.07, 6.45) is -0.686. The lowest BCUT2D eigenvalue weighted by molar-refractivity contribution is -0.884. The molecule has 2 rings (SSSR count). The molecule has 1 atom stereocenters. The highest BCUT2D eigenvalue weighted by Crippen LogP contribution is 2.43. The summed E-state index contributed by atoms with van der Waals surface area (Å²) in [4.78, 5) is 24.6. The fraction of sp³-hybridized carbons (Fsp3) is 0.600. The maximum Gasteiger partial charge on any atom is 0.314 e. The van der Waals surface area contributed by atoms with Gasteiger partial charge in [0.15, 0.2) is 18.1 Å². The van der Waals surface area contributed by atoms with Crippen LogP contribution in [0.15, 0.2) is 0 Å². The fourth-order valence-corrected chi connectivity index (χ4v) is 3.29. The van der Waals surface area contributed by atoms with Crippen molar-refractivity contribution in [1.82, 2.24) is 0 Å². The lowest BCUT2D eigenvalue weighted by atomic mass is 10.3. The van der Waals surface area contributed by atoms with E-state index in [4.69, 9.17) is 14.2 Å². The molecule has 0 fully saturated rings. The van der Waals surface area contributed by atoms with Crippen molar-refractivity contribution in [2.45, 2.75) is 26.6 Å². The van der Waals surface area contributed by atoms with E-state index in [0.717, 1.165) is 9.75 Å². The molecule has 0 aromatic carbocycles. The Hall–Kier alpha value is -1.80. The number of aryl methyl sites for hydroxylation is 2. The Morgan fingerprint density at radius 1 is 1.30 bits per heavy atom. The Bertz CT molecular complexity index is 609. The number of nitrogens with zero attached hydrogens (tertiary/aromatic N) is 1. The summed E-state index contributed by atoms with van der Waals surface area (Å²) in [7, 11) is 3.43. The second kappa shape index (κ2) is 6.76. The second-order valence-corrected chi connectivity index (χ2v) is 7.59. The number of fused-ring (bicyclic) bond motifs is 1. The highest BCUT2D eigenvalue weighted by molar-refractivity contribution is 7.12. The standard InChI is InChI=1S/C15H21NO6S/c1-9-14-15(10(2)23-9)22-13(8-20-14)21-12(19)5-6-16(3,4)7-11(17)18/h13H,5-8H2,1-4H3. The van der Waals surface area contributed by atoms with Crippen LogP contribution >= 0.6 is 11.3 Å². The molecule has 1 aliphatic rings. The SMILES string of the molecule is Cc1sc(C)c2c1OCC(OC(=O)CC[N+](C)(C)CC(=O)[O-])O2. The number of carboxylic acids is 1. The minimum atomic E-state index is -1.15. The Kier molecular flexibility index (Phi) is 5.16. The number of rotatable bonds is 6. The number of esters is 1. The molecule has 2 heterocycles. The molecule has 0 spiro atoms. The van der Waals surface area contributed by atoms with Crippen LogP contribution < -0.4 is 14.6 Å². The zero-order chi connectivity index (χ0) is 17.2. The minimum Gasteiger partial charge on any atom is -0.544 e. The van der Waals surface area contributed by atoms with E-state index < -0.39 is 18.2 Å². The zero-order valence-corrected chi connectivity index (χ0v) is 14.5. The van der Waals surface area contributed by atoms with Crippen LogP contribution in [-0.4, -0.2) is 56.5 Å². The van der Waals surface area contributed by atoms with Crippen molar-refractivity contribution in [2.75, 3.05) is 33.8 Å². The molecule has 128 valence electrons. The molecule has 0 bridgehead atoms. The van der Waals surface area contributed by atoms with Crippen molar-refractivity contribution in [3.8, 4) is 11.5 Å². The van der Waals surface area contributed by atoms with E-state index in [0.29, 0.717) is 18.0 Å². The molecular formula is C15H21NO6S. The number of thiophene rings is 1. The quantitative estimate of drug-likeness (QED) is 0.543. The summed E-state index contributed by atoms with van der Waals surface area (Å²) < 4.78 is 16.7. The van der Waals surface area contributed by atoms with Gasteiger partial charge in [-0.25, -0.2) is 0 Å². The van der Waals surface area contributed by atoms with E-state index in [1.165, 1.54) is 0 Å². The maximum absolute atomic E-state index is 11.9. The Morgan fingerprint density at radius 2 is 1.96 bits per heavy atom. The number of hydrogen-bond acceptors (Lipinski definition) is 7. The average molecular weight is 343 g/mol. The van der Waals surface area contributed by atoms with Crippen molar-refractivity contribution in [3.05, 3.63) is 9.75 Å². The van der Waals surface area contributed by atoms with Gasteiger partial charge in [-0.3, -0.25) is 4.79 Å². The smallest absolute Gasteiger partial charge is 0.314 e. The summed E-state index contributed by atoms with van der Waals surface area (Å²) in [5.74, 6) is -0.254. The monoisotopic (exact) mass is 343 g/mol. The molecule has 0 radical (unpaired) electrons. The molecule has 1 unspecified atom stereocenters. The molecule has 8 heteroatoms. The molecule has 23 heavy (non-hydrogen) atoms. The first-order valence-corrected chi connectivity index (χ1v) is 8.10. The largest absolute Gasteiger partial charge is 0.544 e. The summed E-state index contributed by atoms with van der Waals surface area (Å²) in [6.45, 7) is 4.19. The van der Waals surface area contributed by atoms with Gasteiger partial charge in [0.05, 0.1) is 33.0 Å². The third-order valence-corrected chi connectivity index (χ3v) is 4.49. The topological polar surface area (TPSA) is 84.9 Å². The third-order valence-electron chi connectivity index (χ3n) is 3.51. The lowest BCUT2D eigenvalue weighted by Crippen LogP contribution is -2.49. The number of carbonyl (C=O) groups is 2. The highest BCUT2D eigenvalue weighted by atomic mass is 32.1. The van der Waals surface area contributed by atoms with E-state index >= 15 is 0 Å². The average Bonchev–Trinajstić information content (AvgIpc) is 2.70. The highest BCUT2D eigenvalue weighted by Gasteiger charge is 2.29. The number of hydrogen-bond donors (Lipinski definition) is 0. The van der Waals surface area contributed by atoms with Gasteiger partial charge in [-0.2, -0.15) is 0 Å². The molecule has 0 saturated carbocycles. The van der Waals surface area contributed by atoms with Crippen LogP contribution in [-0.2, 0) is 14.3 Å². The van der Waals surface area contributed by atoms with E-state index in [1.807, 2.05) is 13.8 Å². The summed E-state index contributed by atoms with van der Waals surface area (Å²) in [6, 6.07) is 0. The van der Waals surface area contributed by atoms with Gasteiger partial charge in [-0.05, 0) is 13.8 Å². The Labute approximate surface area is 139 Å². The minimum absolute atomic E-state index is 0.0919. The predicted octanol–water partition coefficient (Wildman–Crippen LogP) is 0.222. The van der Waals surface area contributed by atoms with E-state index in [9.17, 15) is 14.7 Å². The van der Waals surface area contributed by atoms with Gasteiger partial charge in [0, 0.05) is 9.75 Å². The molecule has 7 nitrogen and oxygen atoms in total. The van der Waals surface area contributed by atoms with Gasteiger partial charge in [0.25, 0.3) is 6.29 Å². The van der Waals surface area contributed by atoms with Crippen molar-refractivity contribution in [1.29, 1.82) is 0 Å². The first-order chi connectivity index (χ1) is 10.7. The van der Waals surface area contributed by atoms with Gasteiger partial charge in [-0.1, -0.05) is 0 Å². The van der Waals surface area contributed by atoms with Gasteiger partial charge in [0.1, 0.15) is 6.54 Å². The number of likely N-dealkylation sites (N-methyl/N-ethyl adjacent to an activating group) is 1. The van der Waals surface area contributed by atoms with E-state index in [-0.39, 0.29) is 24.1 Å². The first kappa shape index (κ1) is 17.6. The number of carbonyl (C=O) groups excluding carboxylic acids is 2. The third kappa shape index (κ3) is 4.59. The van der Waals surface area contributed by atoms with Crippen LogP contribution in [0.3, 0.4) is 0 Å². The molecule has 0 N–H and O–H groups in total. The van der Waals surface area contributed by atoms with Crippen LogP contribution in [0.1, 0.15) is 16.2 Å². The predicted molar refractivity (Wildman–Crippen MR) is 81.3 cm³/mol. The van der Waals surface area contributed by atoms with Gasteiger partial charge in [-0.15, -0.1) is 11.3 Å². The Morgan fingerprint density at radius 3 is 2.61 bits per heavy atom. The molecule has 0 amide bonds. The summed E-state index contributed by atoms with van der Waals surface area (Å²) >= 11 is 1.57. The number of aliphatic carboxylic acids is 1.